The van der Waals surface area contributed by atoms with Crippen LogP contribution in [0.3, 0.4) is 0 Å². The molecule has 0 fully saturated rings. The molecule has 0 aromatic heterocycles. The third-order valence-corrected chi connectivity index (χ3v) is 3.21. The Hall–Kier alpha value is -1.58. The van der Waals surface area contributed by atoms with Gasteiger partial charge in [-0.2, -0.15) is 5.26 Å². The van der Waals surface area contributed by atoms with Gasteiger partial charge in [0.15, 0.2) is 0 Å². The molecule has 0 atom stereocenters. The highest BCUT2D eigenvalue weighted by molar-refractivity contribution is 9.10. The van der Waals surface area contributed by atoms with Crippen LogP contribution in [-0.4, -0.2) is 42.7 Å². The van der Waals surface area contributed by atoms with Crippen LogP contribution in [0.5, 0.6) is 5.75 Å². The quantitative estimate of drug-likeness (QED) is 0.869. The molecule has 102 valence electrons. The Kier molecular flexibility index (Phi) is 6.33. The second-order valence-electron chi connectivity index (χ2n) is 3.86. The minimum absolute atomic E-state index is 0.0119. The summed E-state index contributed by atoms with van der Waals surface area (Å²) in [5, 5.41) is 18.2. The summed E-state index contributed by atoms with van der Waals surface area (Å²) in [6, 6.07) is 6.65. The van der Waals surface area contributed by atoms with E-state index in [-0.39, 0.29) is 18.1 Å². The van der Waals surface area contributed by atoms with E-state index in [1.807, 2.05) is 6.07 Å². The van der Waals surface area contributed by atoms with E-state index >= 15 is 0 Å². The number of ether oxygens (including phenoxy) is 1. The fourth-order valence-corrected chi connectivity index (χ4v) is 1.78. The zero-order valence-corrected chi connectivity index (χ0v) is 12.2. The molecule has 1 rings (SSSR count). The number of carbonyl (C=O) groups is 1. The highest BCUT2D eigenvalue weighted by Crippen LogP contribution is 2.24. The SMILES string of the molecule is COCCN(CCC#N)C(=O)c1ccc(Br)c(O)c1. The number of phenols is 1. The Morgan fingerprint density at radius 2 is 2.26 bits per heavy atom. The molecule has 0 heterocycles. The van der Waals surface area contributed by atoms with Gasteiger partial charge in [-0.3, -0.25) is 4.79 Å². The average Bonchev–Trinajstić information content (AvgIpc) is 2.41. The molecule has 0 radical (unpaired) electrons. The number of methoxy groups -OCH3 is 1. The first-order valence-electron chi connectivity index (χ1n) is 5.73. The van der Waals surface area contributed by atoms with Crippen molar-refractivity contribution in [2.45, 2.75) is 6.42 Å². The van der Waals surface area contributed by atoms with Crippen LogP contribution in [0.1, 0.15) is 16.8 Å². The van der Waals surface area contributed by atoms with Crippen LogP contribution in [0.2, 0.25) is 0 Å². The summed E-state index contributed by atoms with van der Waals surface area (Å²) in [4.78, 5) is 13.8. The number of phenolic OH excluding ortho intramolecular Hbond substituents is 1. The molecule has 0 saturated heterocycles. The van der Waals surface area contributed by atoms with Crippen LogP contribution < -0.4 is 0 Å². The molecule has 5 nitrogen and oxygen atoms in total. The summed E-state index contributed by atoms with van der Waals surface area (Å²) >= 11 is 3.16. The van der Waals surface area contributed by atoms with Gasteiger partial charge in [0.05, 0.1) is 23.6 Å². The molecule has 19 heavy (non-hydrogen) atoms. The van der Waals surface area contributed by atoms with Gasteiger partial charge in [0.2, 0.25) is 0 Å². The number of nitrogens with zero attached hydrogens (tertiary/aromatic N) is 2. The lowest BCUT2D eigenvalue weighted by molar-refractivity contribution is 0.0699. The zero-order chi connectivity index (χ0) is 14.3. The number of carbonyl (C=O) groups excluding carboxylic acids is 1. The Labute approximate surface area is 120 Å². The Balaban J connectivity index is 2.84. The van der Waals surface area contributed by atoms with Crippen molar-refractivity contribution >= 4 is 21.8 Å². The van der Waals surface area contributed by atoms with E-state index in [1.54, 1.807) is 19.2 Å². The number of nitriles is 1. The largest absolute Gasteiger partial charge is 0.507 e. The van der Waals surface area contributed by atoms with Crippen LogP contribution in [0.15, 0.2) is 22.7 Å². The third kappa shape index (κ3) is 4.54. The second-order valence-corrected chi connectivity index (χ2v) is 4.71. The molecule has 0 bridgehead atoms. The Morgan fingerprint density at radius 3 is 2.84 bits per heavy atom. The monoisotopic (exact) mass is 326 g/mol. The number of hydrogen-bond acceptors (Lipinski definition) is 4. The molecule has 0 spiro atoms. The molecule has 6 heteroatoms. The fraction of sp³-hybridized carbons (Fsp3) is 0.385. The first kappa shape index (κ1) is 15.5. The molecular formula is C13H15BrN2O3. The van der Waals surface area contributed by atoms with Crippen molar-refractivity contribution in [2.75, 3.05) is 26.8 Å². The number of hydrogen-bond donors (Lipinski definition) is 1. The van der Waals surface area contributed by atoms with Gasteiger partial charge in [0.25, 0.3) is 5.91 Å². The molecule has 0 saturated carbocycles. The van der Waals surface area contributed by atoms with Crippen molar-refractivity contribution in [2.24, 2.45) is 0 Å². The summed E-state index contributed by atoms with van der Waals surface area (Å²) in [5.74, 6) is -0.215. The zero-order valence-electron chi connectivity index (χ0n) is 10.6. The van der Waals surface area contributed by atoms with E-state index < -0.39 is 0 Å². The van der Waals surface area contributed by atoms with E-state index in [4.69, 9.17) is 10.00 Å². The predicted octanol–water partition coefficient (Wildman–Crippen LogP) is 2.16. The maximum atomic E-state index is 12.3. The smallest absolute Gasteiger partial charge is 0.254 e. The summed E-state index contributed by atoms with van der Waals surface area (Å²) < 4.78 is 5.48. The van der Waals surface area contributed by atoms with Crippen molar-refractivity contribution in [3.8, 4) is 11.8 Å². The van der Waals surface area contributed by atoms with Gasteiger partial charge in [-0.1, -0.05) is 0 Å². The topological polar surface area (TPSA) is 73.6 Å². The van der Waals surface area contributed by atoms with E-state index in [0.717, 1.165) is 0 Å². The lowest BCUT2D eigenvalue weighted by Crippen LogP contribution is -2.34. The van der Waals surface area contributed by atoms with Crippen molar-refractivity contribution in [1.82, 2.24) is 4.90 Å². The first-order valence-corrected chi connectivity index (χ1v) is 6.53. The van der Waals surface area contributed by atoms with Crippen LogP contribution in [0.4, 0.5) is 0 Å². The number of halogens is 1. The maximum Gasteiger partial charge on any atom is 0.254 e. The third-order valence-electron chi connectivity index (χ3n) is 2.54. The summed E-state index contributed by atoms with van der Waals surface area (Å²) in [5.41, 5.74) is 0.384. The van der Waals surface area contributed by atoms with E-state index in [0.29, 0.717) is 29.7 Å². The van der Waals surface area contributed by atoms with Gasteiger partial charge in [-0.15, -0.1) is 0 Å². The van der Waals surface area contributed by atoms with Gasteiger partial charge in [-0.25, -0.2) is 0 Å². The second kappa shape index (κ2) is 7.77. The standard InChI is InChI=1S/C13H15BrN2O3/c1-19-8-7-16(6-2-5-15)13(18)10-3-4-11(14)12(17)9-10/h3-4,9,17H,2,6-8H2,1H3. The summed E-state index contributed by atoms with van der Waals surface area (Å²) in [6.45, 7) is 1.16. The number of benzene rings is 1. The van der Waals surface area contributed by atoms with Crippen molar-refractivity contribution in [1.29, 1.82) is 5.26 Å². The van der Waals surface area contributed by atoms with Crippen LogP contribution in [0, 0.1) is 11.3 Å². The lowest BCUT2D eigenvalue weighted by atomic mass is 10.2. The highest BCUT2D eigenvalue weighted by atomic mass is 79.9. The minimum Gasteiger partial charge on any atom is -0.507 e. The fourth-order valence-electron chi connectivity index (χ4n) is 1.53. The van der Waals surface area contributed by atoms with E-state index in [9.17, 15) is 9.90 Å². The molecule has 0 aliphatic rings. The van der Waals surface area contributed by atoms with Crippen LogP contribution in [0.25, 0.3) is 0 Å². The molecule has 1 aromatic carbocycles. The molecule has 1 aromatic rings. The maximum absolute atomic E-state index is 12.3. The molecule has 0 aliphatic heterocycles. The van der Waals surface area contributed by atoms with Gasteiger partial charge in [0.1, 0.15) is 5.75 Å². The van der Waals surface area contributed by atoms with Crippen molar-refractivity contribution in [3.63, 3.8) is 0 Å². The van der Waals surface area contributed by atoms with Crippen LogP contribution >= 0.6 is 15.9 Å². The van der Waals surface area contributed by atoms with E-state index in [2.05, 4.69) is 15.9 Å². The van der Waals surface area contributed by atoms with Gasteiger partial charge >= 0.3 is 0 Å². The van der Waals surface area contributed by atoms with Gasteiger partial charge in [0, 0.05) is 25.8 Å². The Morgan fingerprint density at radius 1 is 1.53 bits per heavy atom. The number of rotatable bonds is 6. The van der Waals surface area contributed by atoms with Crippen LogP contribution in [-0.2, 0) is 4.74 Å². The predicted molar refractivity (Wildman–Crippen MR) is 73.8 cm³/mol. The number of aromatic hydroxyl groups is 1. The van der Waals surface area contributed by atoms with E-state index in [1.165, 1.54) is 11.0 Å². The summed E-state index contributed by atoms with van der Waals surface area (Å²) in [7, 11) is 1.55. The van der Waals surface area contributed by atoms with Gasteiger partial charge in [-0.05, 0) is 34.1 Å². The highest BCUT2D eigenvalue weighted by Gasteiger charge is 2.16. The average molecular weight is 327 g/mol. The minimum atomic E-state index is -0.227. The van der Waals surface area contributed by atoms with Crippen molar-refractivity contribution < 1.29 is 14.6 Å². The molecule has 0 unspecified atom stereocenters. The normalized spacial score (nSPS) is 9.95. The Bertz CT molecular complexity index is 485. The molecule has 1 N–H and O–H groups in total. The van der Waals surface area contributed by atoms with Crippen molar-refractivity contribution in [3.05, 3.63) is 28.2 Å². The molecule has 0 aliphatic carbocycles. The number of amides is 1. The molecular weight excluding hydrogens is 312 g/mol. The first-order chi connectivity index (χ1) is 9.10. The van der Waals surface area contributed by atoms with Gasteiger partial charge < -0.3 is 14.7 Å². The summed E-state index contributed by atoms with van der Waals surface area (Å²) in [6.07, 6.45) is 0.262. The molecule has 1 amide bonds. The lowest BCUT2D eigenvalue weighted by Gasteiger charge is -2.21.